The first-order valence-electron chi connectivity index (χ1n) is 14.1. The molecule has 1 aliphatic heterocycles. The van der Waals surface area contributed by atoms with E-state index in [-0.39, 0.29) is 11.2 Å². The molecule has 39 heavy (non-hydrogen) atoms. The molecule has 0 N–H and O–H groups in total. The van der Waals surface area contributed by atoms with Crippen molar-refractivity contribution in [3.63, 3.8) is 0 Å². The number of rotatable bonds is 9. The Balaban J connectivity index is 0.00000134. The summed E-state index contributed by atoms with van der Waals surface area (Å²) in [6, 6.07) is 6.16. The van der Waals surface area contributed by atoms with Crippen molar-refractivity contribution in [1.82, 2.24) is 14.5 Å². The lowest BCUT2D eigenvalue weighted by Crippen LogP contribution is -2.33. The van der Waals surface area contributed by atoms with Crippen molar-refractivity contribution in [1.29, 1.82) is 0 Å². The zero-order valence-corrected chi connectivity index (χ0v) is 23.6. The number of aromatic nitrogens is 2. The zero-order chi connectivity index (χ0) is 28.5. The summed E-state index contributed by atoms with van der Waals surface area (Å²) in [5, 5.41) is 0.777. The van der Waals surface area contributed by atoms with E-state index in [9.17, 15) is 13.2 Å². The van der Waals surface area contributed by atoms with Gasteiger partial charge in [-0.2, -0.15) is 8.78 Å². The van der Waals surface area contributed by atoms with Crippen LogP contribution in [0.25, 0.3) is 27.5 Å². The second-order valence-electron chi connectivity index (χ2n) is 10.2. The summed E-state index contributed by atoms with van der Waals surface area (Å²) in [7, 11) is 0. The molecular formula is C32H41F4N3. The van der Waals surface area contributed by atoms with Crippen LogP contribution in [-0.2, 0) is 0 Å². The van der Waals surface area contributed by atoms with Crippen molar-refractivity contribution in [2.75, 3.05) is 13.1 Å². The van der Waals surface area contributed by atoms with E-state index in [1.165, 1.54) is 44.2 Å². The van der Waals surface area contributed by atoms with E-state index in [1.807, 2.05) is 4.90 Å². The molecule has 1 saturated heterocycles. The largest absolute Gasteiger partial charge is 0.370 e. The second-order valence-corrected chi connectivity index (χ2v) is 10.2. The Kier molecular flexibility index (Phi) is 11.2. The number of alkyl halides is 2. The van der Waals surface area contributed by atoms with Crippen molar-refractivity contribution in [2.24, 2.45) is 5.92 Å². The highest BCUT2D eigenvalue weighted by molar-refractivity contribution is 6.07. The molecule has 4 rings (SSSR count). The number of pyridine rings is 1. The van der Waals surface area contributed by atoms with Gasteiger partial charge in [0.15, 0.2) is 0 Å². The minimum Gasteiger partial charge on any atom is -0.370 e. The van der Waals surface area contributed by atoms with Gasteiger partial charge in [-0.1, -0.05) is 77.7 Å². The molecule has 0 radical (unpaired) electrons. The highest BCUT2D eigenvalue weighted by Gasteiger charge is 2.22. The van der Waals surface area contributed by atoms with Gasteiger partial charge in [-0.05, 0) is 55.0 Å². The van der Waals surface area contributed by atoms with Gasteiger partial charge in [0.2, 0.25) is 0 Å². The summed E-state index contributed by atoms with van der Waals surface area (Å²) in [6.07, 6.45) is 12.4. The summed E-state index contributed by atoms with van der Waals surface area (Å²) in [5.74, 6) is -0.344. The number of halogens is 4. The van der Waals surface area contributed by atoms with Crippen molar-refractivity contribution in [3.8, 4) is 0 Å². The number of allylic oxidation sites excluding steroid dienone is 4. The Morgan fingerprint density at radius 1 is 1.10 bits per heavy atom. The summed E-state index contributed by atoms with van der Waals surface area (Å²) < 4.78 is 57.7. The van der Waals surface area contributed by atoms with E-state index in [0.717, 1.165) is 36.7 Å². The molecule has 3 aromatic rings. The van der Waals surface area contributed by atoms with Crippen LogP contribution in [0.5, 0.6) is 0 Å². The van der Waals surface area contributed by atoms with Crippen LogP contribution >= 0.6 is 0 Å². The Morgan fingerprint density at radius 3 is 2.41 bits per heavy atom. The first-order valence-corrected chi connectivity index (χ1v) is 14.1. The fourth-order valence-electron chi connectivity index (χ4n) is 5.15. The number of hydrogen-bond donors (Lipinski definition) is 0. The van der Waals surface area contributed by atoms with Crippen LogP contribution in [0.4, 0.5) is 17.6 Å². The van der Waals surface area contributed by atoms with Gasteiger partial charge in [0, 0.05) is 23.9 Å². The number of unbranched alkanes of at least 4 members (excludes halogenated alkanes) is 2. The lowest BCUT2D eigenvalue weighted by molar-refractivity contribution is 0.0791. The smallest absolute Gasteiger partial charge is 0.320 e. The van der Waals surface area contributed by atoms with Crippen LogP contribution in [-0.4, -0.2) is 27.5 Å². The Bertz CT molecular complexity index is 1310. The summed E-state index contributed by atoms with van der Waals surface area (Å²) in [5.41, 5.74) is 1.70. The predicted molar refractivity (Wildman–Crippen MR) is 155 cm³/mol. The summed E-state index contributed by atoms with van der Waals surface area (Å²) >= 11 is 0. The topological polar surface area (TPSA) is 21.1 Å². The lowest BCUT2D eigenvalue weighted by atomic mass is 9.91. The first-order chi connectivity index (χ1) is 18.7. The number of likely N-dealkylation sites (tertiary alicyclic amines) is 1. The van der Waals surface area contributed by atoms with E-state index in [1.54, 1.807) is 31.2 Å². The van der Waals surface area contributed by atoms with Crippen molar-refractivity contribution in [2.45, 2.75) is 79.2 Å². The number of piperidine rings is 1. The molecule has 0 atom stereocenters. The van der Waals surface area contributed by atoms with Gasteiger partial charge in [0.25, 0.3) is 0 Å². The van der Waals surface area contributed by atoms with Gasteiger partial charge in [-0.15, -0.1) is 0 Å². The van der Waals surface area contributed by atoms with Crippen LogP contribution < -0.4 is 0 Å². The molecule has 3 heterocycles. The van der Waals surface area contributed by atoms with Crippen LogP contribution in [0.2, 0.25) is 0 Å². The Morgan fingerprint density at radius 2 is 1.79 bits per heavy atom. The van der Waals surface area contributed by atoms with Gasteiger partial charge < -0.3 is 4.90 Å². The number of hydrogen-bond acceptors (Lipinski definition) is 2. The normalized spacial score (nSPS) is 15.3. The predicted octanol–water partition coefficient (Wildman–Crippen LogP) is 10.2. The maximum atomic E-state index is 15.3. The third-order valence-electron chi connectivity index (χ3n) is 7.22. The van der Waals surface area contributed by atoms with E-state index in [2.05, 4.69) is 32.3 Å². The Hall–Kier alpha value is -3.09. The maximum absolute atomic E-state index is 15.3. The van der Waals surface area contributed by atoms with Gasteiger partial charge in [-0.25, -0.2) is 13.8 Å². The van der Waals surface area contributed by atoms with E-state index in [0.29, 0.717) is 33.5 Å². The molecule has 212 valence electrons. The molecule has 0 saturated carbocycles. The summed E-state index contributed by atoms with van der Waals surface area (Å²) in [4.78, 5) is 5.88. The van der Waals surface area contributed by atoms with Crippen LogP contribution in [0, 0.1) is 11.7 Å². The third-order valence-corrected chi connectivity index (χ3v) is 7.22. The molecule has 2 aromatic heterocycles. The number of fused-ring (bicyclic) bond motifs is 3. The van der Waals surface area contributed by atoms with Crippen LogP contribution in [0.1, 0.15) is 84.8 Å². The highest BCUT2D eigenvalue weighted by Crippen LogP contribution is 2.35. The van der Waals surface area contributed by atoms with E-state index < -0.39 is 18.2 Å². The van der Waals surface area contributed by atoms with Crippen LogP contribution in [0.15, 0.2) is 60.7 Å². The number of benzene rings is 1. The molecule has 0 unspecified atom stereocenters. The molecule has 3 nitrogen and oxygen atoms in total. The monoisotopic (exact) mass is 543 g/mol. The molecule has 0 amide bonds. The quantitative estimate of drug-likeness (QED) is 0.152. The highest BCUT2D eigenvalue weighted by atomic mass is 19.3. The molecule has 1 fully saturated rings. The molecule has 0 bridgehead atoms. The number of nitrogens with zero attached hydrogens (tertiary/aromatic N) is 3. The van der Waals surface area contributed by atoms with Gasteiger partial charge in [0.1, 0.15) is 17.3 Å². The molecule has 0 aliphatic carbocycles. The van der Waals surface area contributed by atoms with E-state index in [4.69, 9.17) is 0 Å². The van der Waals surface area contributed by atoms with Gasteiger partial charge >= 0.3 is 6.55 Å². The van der Waals surface area contributed by atoms with E-state index >= 15 is 4.39 Å². The lowest BCUT2D eigenvalue weighted by Gasteiger charge is -2.34. The fourth-order valence-corrected chi connectivity index (χ4v) is 5.15. The average Bonchev–Trinajstić information content (AvgIpc) is 3.25. The molecular weight excluding hydrogens is 502 g/mol. The zero-order valence-electron chi connectivity index (χ0n) is 23.6. The minimum atomic E-state index is -2.86. The first kappa shape index (κ1) is 30.5. The molecule has 1 aromatic carbocycles. The van der Waals surface area contributed by atoms with Crippen molar-refractivity contribution >= 4 is 27.5 Å². The van der Waals surface area contributed by atoms with Gasteiger partial charge in [-0.3, -0.25) is 4.57 Å². The third kappa shape index (κ3) is 7.31. The average molecular weight is 544 g/mol. The molecule has 0 spiro atoms. The standard InChI is InChI=1S/C29H33F4N3.C3H8/c1-4-6-7-8-20-11-13-35(14-12-20)19(3)26(31)15-21(5-2)22-9-10-24-25-17-23(30)18-34-28(25)36(29(32)33)27(24)16-22;1-3-2/h5,9-10,15-18,20,29H,3-4,6-8,11-14H2,1-2H3;3H2,1-2H3/b21-5+,26-15+;. The van der Waals surface area contributed by atoms with Crippen molar-refractivity contribution < 1.29 is 17.6 Å². The Labute approximate surface area is 229 Å². The molecule has 1 aliphatic rings. The van der Waals surface area contributed by atoms with Crippen LogP contribution in [0.3, 0.4) is 0 Å². The maximum Gasteiger partial charge on any atom is 0.320 e. The minimum absolute atomic E-state index is 0.00813. The summed E-state index contributed by atoms with van der Waals surface area (Å²) in [6.45, 7) is 10.9. The second kappa shape index (κ2) is 14.3. The fraction of sp³-hybridized carbons (Fsp3) is 0.469. The van der Waals surface area contributed by atoms with Gasteiger partial charge in [0.05, 0.1) is 17.4 Å². The molecule has 7 heteroatoms. The SMILES string of the molecule is C=C(/C(F)=C\C(=C/C)c1ccc2c3cc(F)cnc3n(C(F)F)c2c1)N1CCC(CCCCC)CC1.CCC. The van der Waals surface area contributed by atoms with Crippen molar-refractivity contribution in [3.05, 3.63) is 72.1 Å².